The highest BCUT2D eigenvalue weighted by atomic mass is 15.3. The van der Waals surface area contributed by atoms with Gasteiger partial charge < -0.3 is 5.73 Å². The first-order valence-electron chi connectivity index (χ1n) is 7.68. The van der Waals surface area contributed by atoms with Crippen LogP contribution in [-0.4, -0.2) is 29.1 Å². The van der Waals surface area contributed by atoms with Crippen molar-refractivity contribution >= 4 is 0 Å². The largest absolute Gasteiger partial charge is 0.329 e. The minimum atomic E-state index is 0.339. The average molecular weight is 238 g/mol. The third-order valence-electron chi connectivity index (χ3n) is 5.15. The fourth-order valence-electron chi connectivity index (χ4n) is 4.25. The molecule has 0 aromatic heterocycles. The quantitative estimate of drug-likeness (QED) is 0.770. The monoisotopic (exact) mass is 238 g/mol. The van der Waals surface area contributed by atoms with Gasteiger partial charge in [-0.05, 0) is 51.4 Å². The standard InChI is InChI=1S/C15H30N2/c1-4-10-15(11-16,13-7-8-13)17-12(3)6-9-14(17)5-2/h12-14H,4-11,16H2,1-3H3. The molecule has 1 aliphatic carbocycles. The molecule has 3 unspecified atom stereocenters. The second-order valence-corrected chi connectivity index (χ2v) is 6.23. The summed E-state index contributed by atoms with van der Waals surface area (Å²) in [6, 6.07) is 1.54. The highest BCUT2D eigenvalue weighted by molar-refractivity contribution is 5.07. The molecular weight excluding hydrogens is 208 g/mol. The van der Waals surface area contributed by atoms with Gasteiger partial charge in [0.05, 0.1) is 0 Å². The van der Waals surface area contributed by atoms with Crippen LogP contribution in [0.25, 0.3) is 0 Å². The average Bonchev–Trinajstić information content (AvgIpc) is 3.11. The van der Waals surface area contributed by atoms with E-state index < -0.39 is 0 Å². The minimum absolute atomic E-state index is 0.339. The van der Waals surface area contributed by atoms with Gasteiger partial charge in [-0.3, -0.25) is 4.90 Å². The van der Waals surface area contributed by atoms with Crippen LogP contribution in [0.1, 0.15) is 65.7 Å². The summed E-state index contributed by atoms with van der Waals surface area (Å²) in [4.78, 5) is 2.84. The fourth-order valence-corrected chi connectivity index (χ4v) is 4.25. The van der Waals surface area contributed by atoms with Crippen molar-refractivity contribution in [3.8, 4) is 0 Å². The van der Waals surface area contributed by atoms with Gasteiger partial charge in [-0.15, -0.1) is 0 Å². The Labute approximate surface area is 107 Å². The topological polar surface area (TPSA) is 29.3 Å². The molecule has 0 amide bonds. The van der Waals surface area contributed by atoms with Crippen LogP contribution in [0.4, 0.5) is 0 Å². The van der Waals surface area contributed by atoms with Gasteiger partial charge >= 0.3 is 0 Å². The molecule has 0 aromatic carbocycles. The van der Waals surface area contributed by atoms with E-state index in [0.717, 1.165) is 24.5 Å². The smallest absolute Gasteiger partial charge is 0.0365 e. The number of rotatable bonds is 6. The van der Waals surface area contributed by atoms with Gasteiger partial charge in [0.25, 0.3) is 0 Å². The van der Waals surface area contributed by atoms with E-state index >= 15 is 0 Å². The first kappa shape index (κ1) is 13.4. The molecule has 2 aliphatic rings. The van der Waals surface area contributed by atoms with Gasteiger partial charge in [-0.25, -0.2) is 0 Å². The molecule has 2 fully saturated rings. The first-order chi connectivity index (χ1) is 8.19. The van der Waals surface area contributed by atoms with Gasteiger partial charge in [0, 0.05) is 24.2 Å². The summed E-state index contributed by atoms with van der Waals surface area (Å²) in [6.07, 6.45) is 9.45. The van der Waals surface area contributed by atoms with E-state index in [-0.39, 0.29) is 0 Å². The Morgan fingerprint density at radius 1 is 1.18 bits per heavy atom. The first-order valence-corrected chi connectivity index (χ1v) is 7.68. The molecule has 1 saturated heterocycles. The summed E-state index contributed by atoms with van der Waals surface area (Å²) in [5.41, 5.74) is 6.59. The third-order valence-corrected chi connectivity index (χ3v) is 5.15. The SMILES string of the molecule is CCCC(CN)(C1CC1)N1C(C)CCC1CC. The summed E-state index contributed by atoms with van der Waals surface area (Å²) < 4.78 is 0. The van der Waals surface area contributed by atoms with Crippen molar-refractivity contribution in [2.24, 2.45) is 11.7 Å². The maximum Gasteiger partial charge on any atom is 0.0365 e. The Bertz CT molecular complexity index is 249. The summed E-state index contributed by atoms with van der Waals surface area (Å²) in [5, 5.41) is 0. The predicted octanol–water partition coefficient (Wildman–Crippen LogP) is 3.16. The van der Waals surface area contributed by atoms with Crippen LogP contribution >= 0.6 is 0 Å². The van der Waals surface area contributed by atoms with Gasteiger partial charge in [0.2, 0.25) is 0 Å². The van der Waals surface area contributed by atoms with E-state index in [4.69, 9.17) is 5.73 Å². The molecule has 3 atom stereocenters. The molecule has 17 heavy (non-hydrogen) atoms. The maximum absolute atomic E-state index is 6.25. The molecule has 0 aromatic rings. The Morgan fingerprint density at radius 2 is 1.88 bits per heavy atom. The molecule has 2 rings (SSSR count). The molecule has 2 heteroatoms. The van der Waals surface area contributed by atoms with Gasteiger partial charge in [0.1, 0.15) is 0 Å². The summed E-state index contributed by atoms with van der Waals surface area (Å²) >= 11 is 0. The number of likely N-dealkylation sites (tertiary alicyclic amines) is 1. The fraction of sp³-hybridized carbons (Fsp3) is 1.00. The van der Waals surface area contributed by atoms with Crippen LogP contribution in [0, 0.1) is 5.92 Å². The Kier molecular flexibility index (Phi) is 4.14. The highest BCUT2D eigenvalue weighted by Gasteiger charge is 2.52. The number of hydrogen-bond donors (Lipinski definition) is 1. The minimum Gasteiger partial charge on any atom is -0.329 e. The second kappa shape index (κ2) is 5.27. The lowest BCUT2D eigenvalue weighted by Crippen LogP contribution is -2.59. The number of hydrogen-bond acceptors (Lipinski definition) is 2. The Hall–Kier alpha value is -0.0800. The lowest BCUT2D eigenvalue weighted by Gasteiger charge is -2.47. The van der Waals surface area contributed by atoms with Crippen molar-refractivity contribution in [1.29, 1.82) is 0 Å². The van der Waals surface area contributed by atoms with E-state index in [1.807, 2.05) is 0 Å². The molecule has 0 bridgehead atoms. The van der Waals surface area contributed by atoms with Crippen molar-refractivity contribution < 1.29 is 0 Å². The molecule has 2 nitrogen and oxygen atoms in total. The Balaban J connectivity index is 2.23. The van der Waals surface area contributed by atoms with Crippen LogP contribution in [0.15, 0.2) is 0 Å². The summed E-state index contributed by atoms with van der Waals surface area (Å²) in [5.74, 6) is 0.891. The van der Waals surface area contributed by atoms with Crippen molar-refractivity contribution in [1.82, 2.24) is 4.90 Å². The van der Waals surface area contributed by atoms with E-state index in [1.54, 1.807) is 0 Å². The van der Waals surface area contributed by atoms with Crippen molar-refractivity contribution in [2.45, 2.75) is 83.3 Å². The number of nitrogens with zero attached hydrogens (tertiary/aromatic N) is 1. The lowest BCUT2D eigenvalue weighted by atomic mass is 9.84. The molecular formula is C15H30N2. The van der Waals surface area contributed by atoms with Crippen LogP contribution < -0.4 is 5.73 Å². The van der Waals surface area contributed by atoms with E-state index in [1.165, 1.54) is 44.9 Å². The molecule has 0 spiro atoms. The molecule has 1 aliphatic heterocycles. The van der Waals surface area contributed by atoms with E-state index in [9.17, 15) is 0 Å². The van der Waals surface area contributed by atoms with Crippen molar-refractivity contribution in [3.05, 3.63) is 0 Å². The van der Waals surface area contributed by atoms with Crippen LogP contribution in [-0.2, 0) is 0 Å². The Morgan fingerprint density at radius 3 is 2.35 bits per heavy atom. The van der Waals surface area contributed by atoms with Crippen LogP contribution in [0.2, 0.25) is 0 Å². The third kappa shape index (κ3) is 2.26. The molecule has 1 saturated carbocycles. The van der Waals surface area contributed by atoms with Crippen LogP contribution in [0.3, 0.4) is 0 Å². The normalized spacial score (nSPS) is 33.9. The maximum atomic E-state index is 6.25. The molecule has 1 heterocycles. The van der Waals surface area contributed by atoms with Gasteiger partial charge in [0.15, 0.2) is 0 Å². The zero-order chi connectivity index (χ0) is 12.5. The van der Waals surface area contributed by atoms with Gasteiger partial charge in [-0.1, -0.05) is 20.3 Å². The summed E-state index contributed by atoms with van der Waals surface area (Å²) in [7, 11) is 0. The van der Waals surface area contributed by atoms with Crippen molar-refractivity contribution in [2.75, 3.05) is 6.54 Å². The van der Waals surface area contributed by atoms with Gasteiger partial charge in [-0.2, -0.15) is 0 Å². The molecule has 0 radical (unpaired) electrons. The number of nitrogens with two attached hydrogens (primary N) is 1. The second-order valence-electron chi connectivity index (χ2n) is 6.23. The molecule has 2 N–H and O–H groups in total. The molecule has 100 valence electrons. The summed E-state index contributed by atoms with van der Waals surface area (Å²) in [6.45, 7) is 7.94. The highest BCUT2D eigenvalue weighted by Crippen LogP contribution is 2.49. The van der Waals surface area contributed by atoms with E-state index in [2.05, 4.69) is 25.7 Å². The predicted molar refractivity (Wildman–Crippen MR) is 74.0 cm³/mol. The van der Waals surface area contributed by atoms with Crippen molar-refractivity contribution in [3.63, 3.8) is 0 Å². The lowest BCUT2D eigenvalue weighted by molar-refractivity contribution is 0.0203. The zero-order valence-corrected chi connectivity index (χ0v) is 11.9. The zero-order valence-electron chi connectivity index (χ0n) is 11.9. The van der Waals surface area contributed by atoms with E-state index in [0.29, 0.717) is 5.54 Å². The van der Waals surface area contributed by atoms with Crippen LogP contribution in [0.5, 0.6) is 0 Å².